The Morgan fingerprint density at radius 2 is 1.93 bits per heavy atom. The Morgan fingerprint density at radius 3 is 2.63 bits per heavy atom. The maximum absolute atomic E-state index is 14.5. The molecule has 0 N–H and O–H groups in total. The Labute approximate surface area is 258 Å². The fourth-order valence-corrected chi connectivity index (χ4v) is 6.62. The quantitative estimate of drug-likeness (QED) is 0.223. The van der Waals surface area contributed by atoms with E-state index in [1.165, 1.54) is 42.3 Å². The second kappa shape index (κ2) is 14.8. The van der Waals surface area contributed by atoms with Gasteiger partial charge in [-0.1, -0.05) is 13.8 Å². The summed E-state index contributed by atoms with van der Waals surface area (Å²) in [5.41, 5.74) is 4.39. The van der Waals surface area contributed by atoms with Crippen molar-refractivity contribution in [3.8, 4) is 5.69 Å². The maximum atomic E-state index is 14.5. The summed E-state index contributed by atoms with van der Waals surface area (Å²) >= 11 is 0. The first-order chi connectivity index (χ1) is 20.5. The van der Waals surface area contributed by atoms with Crippen molar-refractivity contribution in [2.45, 2.75) is 72.4 Å². The number of carbonyl (C=O) groups excluding carboxylic acids is 1. The van der Waals surface area contributed by atoms with Gasteiger partial charge in [-0.2, -0.15) is 0 Å². The molecule has 1 fully saturated rings. The molecule has 4 rings (SSSR count). The van der Waals surface area contributed by atoms with E-state index in [1.807, 2.05) is 26.2 Å². The highest BCUT2D eigenvalue weighted by molar-refractivity contribution is 5.99. The fraction of sp³-hybridized carbons (Fsp3) is 0.600. The van der Waals surface area contributed by atoms with E-state index in [4.69, 9.17) is 4.74 Å². The number of likely N-dealkylation sites (tertiary alicyclic amines) is 1. The van der Waals surface area contributed by atoms with E-state index >= 15 is 0 Å². The molecular formula is C35H52FN5O2. The predicted octanol–water partition coefficient (Wildman–Crippen LogP) is 6.20. The highest BCUT2D eigenvalue weighted by atomic mass is 19.1. The first-order valence-corrected chi connectivity index (χ1v) is 15.9. The number of halogens is 1. The lowest BCUT2D eigenvalue weighted by molar-refractivity contribution is 0.0754. The molecule has 0 radical (unpaired) electrons. The van der Waals surface area contributed by atoms with Gasteiger partial charge in [0.05, 0.1) is 29.6 Å². The summed E-state index contributed by atoms with van der Waals surface area (Å²) < 4.78 is 21.7. The van der Waals surface area contributed by atoms with Crippen molar-refractivity contribution in [3.63, 3.8) is 0 Å². The van der Waals surface area contributed by atoms with Gasteiger partial charge in [0.1, 0.15) is 5.82 Å². The molecule has 3 aromatic rings. The molecule has 1 unspecified atom stereocenters. The van der Waals surface area contributed by atoms with Crippen LogP contribution >= 0.6 is 0 Å². The second-order valence-electron chi connectivity index (χ2n) is 13.1. The minimum absolute atomic E-state index is 0.000963. The molecule has 1 aliphatic rings. The van der Waals surface area contributed by atoms with E-state index < -0.39 is 5.82 Å². The Morgan fingerprint density at radius 1 is 1.16 bits per heavy atom. The molecule has 1 aromatic carbocycles. The van der Waals surface area contributed by atoms with Gasteiger partial charge in [0.25, 0.3) is 5.91 Å². The highest BCUT2D eigenvalue weighted by Crippen LogP contribution is 2.34. The number of likely N-dealkylation sites (N-methyl/N-ethyl adjacent to an activating group) is 1. The molecule has 1 aliphatic heterocycles. The Hall–Kier alpha value is -2.81. The van der Waals surface area contributed by atoms with E-state index in [0.717, 1.165) is 50.3 Å². The van der Waals surface area contributed by atoms with Crippen LogP contribution in [-0.4, -0.2) is 96.2 Å². The smallest absolute Gasteiger partial charge is 0.256 e. The molecule has 43 heavy (non-hydrogen) atoms. The number of carbonyl (C=O) groups is 1. The molecule has 1 amide bonds. The van der Waals surface area contributed by atoms with E-state index in [1.54, 1.807) is 25.1 Å². The van der Waals surface area contributed by atoms with Gasteiger partial charge in [0.15, 0.2) is 0 Å². The van der Waals surface area contributed by atoms with Gasteiger partial charge in [0.2, 0.25) is 0 Å². The number of ether oxygens (including phenoxy) is 1. The van der Waals surface area contributed by atoms with Crippen molar-refractivity contribution in [3.05, 3.63) is 59.3 Å². The van der Waals surface area contributed by atoms with Crippen molar-refractivity contribution in [1.29, 1.82) is 0 Å². The number of pyridine rings is 1. The number of hydrogen-bond acceptors (Lipinski definition) is 5. The van der Waals surface area contributed by atoms with E-state index in [0.29, 0.717) is 29.1 Å². The number of amides is 1. The molecule has 8 heteroatoms. The zero-order valence-corrected chi connectivity index (χ0v) is 27.6. The monoisotopic (exact) mass is 593 g/mol. The molecule has 3 heterocycles. The highest BCUT2D eigenvalue weighted by Gasteiger charge is 2.31. The van der Waals surface area contributed by atoms with Crippen LogP contribution in [0.1, 0.15) is 68.4 Å². The third-order valence-electron chi connectivity index (χ3n) is 9.31. The van der Waals surface area contributed by atoms with Crippen LogP contribution < -0.4 is 0 Å². The molecule has 0 bridgehead atoms. The zero-order chi connectivity index (χ0) is 31.3. The Bertz CT molecular complexity index is 1370. The van der Waals surface area contributed by atoms with Gasteiger partial charge in [0, 0.05) is 57.1 Å². The predicted molar refractivity (Wildman–Crippen MR) is 174 cm³/mol. The molecule has 236 valence electrons. The molecule has 0 spiro atoms. The number of benzene rings is 1. The normalized spacial score (nSPS) is 16.7. The van der Waals surface area contributed by atoms with Crippen molar-refractivity contribution in [2.24, 2.45) is 11.8 Å². The maximum Gasteiger partial charge on any atom is 0.256 e. The number of methoxy groups -OCH3 is 1. The number of fused-ring (bicyclic) bond motifs is 1. The van der Waals surface area contributed by atoms with Crippen LogP contribution in [0.5, 0.6) is 0 Å². The van der Waals surface area contributed by atoms with Gasteiger partial charge in [-0.15, -0.1) is 0 Å². The van der Waals surface area contributed by atoms with Crippen LogP contribution in [0, 0.1) is 24.6 Å². The average Bonchev–Trinajstić information content (AvgIpc) is 3.58. The molecule has 2 atom stereocenters. The Balaban J connectivity index is 1.56. The minimum atomic E-state index is -0.414. The lowest BCUT2D eigenvalue weighted by Crippen LogP contribution is -2.38. The van der Waals surface area contributed by atoms with Crippen LogP contribution in [0.4, 0.5) is 4.39 Å². The summed E-state index contributed by atoms with van der Waals surface area (Å²) in [7, 11) is 5.70. The minimum Gasteiger partial charge on any atom is -0.383 e. The third-order valence-corrected chi connectivity index (χ3v) is 9.31. The lowest BCUT2D eigenvalue weighted by Gasteiger charge is -2.32. The van der Waals surface area contributed by atoms with Gasteiger partial charge < -0.3 is 19.1 Å². The van der Waals surface area contributed by atoms with Crippen LogP contribution in [0.3, 0.4) is 0 Å². The summed E-state index contributed by atoms with van der Waals surface area (Å²) in [6, 6.07) is 5.10. The first kappa shape index (κ1) is 33.1. The number of rotatable bonds is 14. The van der Waals surface area contributed by atoms with E-state index in [-0.39, 0.29) is 11.9 Å². The summed E-state index contributed by atoms with van der Waals surface area (Å²) in [6.45, 7) is 15.8. The summed E-state index contributed by atoms with van der Waals surface area (Å²) in [5.74, 6) is 0.558. The molecule has 2 aromatic heterocycles. The van der Waals surface area contributed by atoms with Crippen molar-refractivity contribution in [1.82, 2.24) is 24.3 Å². The fourth-order valence-electron chi connectivity index (χ4n) is 6.62. The van der Waals surface area contributed by atoms with Gasteiger partial charge in [-0.25, -0.2) is 4.39 Å². The molecule has 0 aliphatic carbocycles. The van der Waals surface area contributed by atoms with E-state index in [2.05, 4.69) is 53.4 Å². The van der Waals surface area contributed by atoms with Gasteiger partial charge in [-0.05, 0) is 108 Å². The van der Waals surface area contributed by atoms with Crippen molar-refractivity contribution < 1.29 is 13.9 Å². The number of aromatic nitrogens is 2. The first-order valence-electron chi connectivity index (χ1n) is 15.9. The topological polar surface area (TPSA) is 53.8 Å². The summed E-state index contributed by atoms with van der Waals surface area (Å²) in [5, 5.41) is 1.19. The van der Waals surface area contributed by atoms with Crippen LogP contribution in [0.2, 0.25) is 0 Å². The SMILES string of the molecule is COCCN(C)CCCC(C(C)C)N1CC[C@@H](Cc2cn(-c3ccc(F)cc3C(=O)N(C)C(C)C)c3cncc(C)c23)C1. The molecule has 7 nitrogen and oxygen atoms in total. The van der Waals surface area contributed by atoms with Crippen LogP contribution in [0.25, 0.3) is 16.6 Å². The molecule has 0 saturated carbocycles. The van der Waals surface area contributed by atoms with Crippen LogP contribution in [0.15, 0.2) is 36.8 Å². The molecular weight excluding hydrogens is 541 g/mol. The summed E-state index contributed by atoms with van der Waals surface area (Å²) in [6.07, 6.45) is 10.5. The van der Waals surface area contributed by atoms with Crippen molar-refractivity contribution >= 4 is 16.8 Å². The molecule has 1 saturated heterocycles. The van der Waals surface area contributed by atoms with E-state index in [9.17, 15) is 9.18 Å². The zero-order valence-electron chi connectivity index (χ0n) is 27.6. The Kier molecular flexibility index (Phi) is 11.4. The average molecular weight is 594 g/mol. The van der Waals surface area contributed by atoms with Gasteiger partial charge in [-0.3, -0.25) is 14.7 Å². The largest absolute Gasteiger partial charge is 0.383 e. The number of nitrogens with zero attached hydrogens (tertiary/aromatic N) is 5. The van der Waals surface area contributed by atoms with Crippen molar-refractivity contribution in [2.75, 3.05) is 54.0 Å². The summed E-state index contributed by atoms with van der Waals surface area (Å²) in [4.78, 5) is 24.7. The van der Waals surface area contributed by atoms with Crippen LogP contribution in [-0.2, 0) is 11.2 Å². The standard InChI is InChI=1S/C35H52FN5O2/c1-24(2)31(10-9-14-38(6)16-17-43-8)40-15-13-27(22-40)18-28-23-41(33-21-37-20-26(5)34(28)33)32-12-11-29(36)19-30(32)35(42)39(7)25(3)4/h11-12,19-21,23-25,27,31H,9-10,13-18,22H2,1-8H3/t27-,31?/m0/s1. The number of aryl methyl sites for hydroxylation is 1. The van der Waals surface area contributed by atoms with Gasteiger partial charge >= 0.3 is 0 Å². The lowest BCUT2D eigenvalue weighted by atomic mass is 9.96. The number of hydrogen-bond donors (Lipinski definition) is 0. The third kappa shape index (κ3) is 7.83. The second-order valence-corrected chi connectivity index (χ2v) is 13.1.